The van der Waals surface area contributed by atoms with E-state index in [0.717, 1.165) is 22.4 Å². The number of carbonyl (C=O) groups is 2. The van der Waals surface area contributed by atoms with E-state index in [2.05, 4.69) is 16.2 Å². The van der Waals surface area contributed by atoms with E-state index in [1.807, 2.05) is 38.3 Å². The molecule has 0 spiro atoms. The van der Waals surface area contributed by atoms with Gasteiger partial charge in [-0.25, -0.2) is 0 Å². The summed E-state index contributed by atoms with van der Waals surface area (Å²) in [5, 5.41) is 13.6. The SMILES string of the molecule is CC(C)C(C(=O)N1CC(C#N)C1)n1cc2c(n1)C(=O)C1C=Cc3nccc-2c31. The molecule has 0 N–H and O–H groups in total. The highest BCUT2D eigenvalue weighted by atomic mass is 16.2. The highest BCUT2D eigenvalue weighted by Gasteiger charge is 2.41. The fraction of sp³-hybridized carbons (Fsp3) is 0.381. The summed E-state index contributed by atoms with van der Waals surface area (Å²) in [4.78, 5) is 32.1. The second-order valence-electron chi connectivity index (χ2n) is 7.99. The summed E-state index contributed by atoms with van der Waals surface area (Å²) in [5.41, 5.74) is 3.91. The van der Waals surface area contributed by atoms with Gasteiger partial charge >= 0.3 is 0 Å². The third-order valence-corrected chi connectivity index (χ3v) is 5.86. The zero-order chi connectivity index (χ0) is 19.6. The van der Waals surface area contributed by atoms with Crippen LogP contribution in [0.15, 0.2) is 24.5 Å². The first-order chi connectivity index (χ1) is 13.5. The van der Waals surface area contributed by atoms with Gasteiger partial charge in [-0.15, -0.1) is 0 Å². The molecule has 2 aromatic heterocycles. The summed E-state index contributed by atoms with van der Waals surface area (Å²) in [6, 6.07) is 3.61. The van der Waals surface area contributed by atoms with Gasteiger partial charge in [0.05, 0.1) is 23.6 Å². The molecule has 3 heterocycles. The zero-order valence-electron chi connectivity index (χ0n) is 15.7. The molecule has 3 aliphatic rings. The van der Waals surface area contributed by atoms with E-state index in [1.165, 1.54) is 0 Å². The number of aromatic nitrogens is 3. The van der Waals surface area contributed by atoms with E-state index in [9.17, 15) is 9.59 Å². The fourth-order valence-electron chi connectivity index (χ4n) is 4.38. The van der Waals surface area contributed by atoms with Gasteiger partial charge in [0.25, 0.3) is 0 Å². The first kappa shape index (κ1) is 16.9. The molecule has 0 radical (unpaired) electrons. The number of pyridine rings is 1. The Morgan fingerprint density at radius 2 is 2.11 bits per heavy atom. The largest absolute Gasteiger partial charge is 0.338 e. The van der Waals surface area contributed by atoms with Crippen molar-refractivity contribution in [3.8, 4) is 17.2 Å². The molecule has 2 aromatic rings. The summed E-state index contributed by atoms with van der Waals surface area (Å²) in [5.74, 6) is -0.524. The van der Waals surface area contributed by atoms with Crippen LogP contribution >= 0.6 is 0 Å². The Morgan fingerprint density at radius 1 is 1.32 bits per heavy atom. The average molecular weight is 373 g/mol. The molecule has 2 aliphatic carbocycles. The highest BCUT2D eigenvalue weighted by Crippen LogP contribution is 2.44. The molecule has 1 amide bonds. The van der Waals surface area contributed by atoms with E-state index in [1.54, 1.807) is 15.8 Å². The second-order valence-corrected chi connectivity index (χ2v) is 7.99. The summed E-state index contributed by atoms with van der Waals surface area (Å²) >= 11 is 0. The highest BCUT2D eigenvalue weighted by molar-refractivity contribution is 6.11. The minimum Gasteiger partial charge on any atom is -0.338 e. The Kier molecular flexibility index (Phi) is 3.53. The summed E-state index contributed by atoms with van der Waals surface area (Å²) in [7, 11) is 0. The summed E-state index contributed by atoms with van der Waals surface area (Å²) in [6.07, 6.45) is 7.32. The third kappa shape index (κ3) is 2.21. The number of fused-ring (bicyclic) bond motifs is 2. The van der Waals surface area contributed by atoms with Crippen molar-refractivity contribution in [2.45, 2.75) is 25.8 Å². The quantitative estimate of drug-likeness (QED) is 0.824. The minimum atomic E-state index is -0.500. The van der Waals surface area contributed by atoms with Gasteiger partial charge in [-0.2, -0.15) is 10.4 Å². The van der Waals surface area contributed by atoms with Crippen LogP contribution in [0.25, 0.3) is 17.2 Å². The maximum atomic E-state index is 13.0. The van der Waals surface area contributed by atoms with E-state index < -0.39 is 6.04 Å². The minimum absolute atomic E-state index is 0.00107. The van der Waals surface area contributed by atoms with Gasteiger partial charge in [0, 0.05) is 36.6 Å². The number of rotatable bonds is 3. The van der Waals surface area contributed by atoms with Crippen molar-refractivity contribution in [1.82, 2.24) is 19.7 Å². The Labute approximate surface area is 162 Å². The molecule has 0 aromatic carbocycles. The van der Waals surface area contributed by atoms with Gasteiger partial charge in [0.1, 0.15) is 11.7 Å². The molecule has 2 unspecified atom stereocenters. The van der Waals surface area contributed by atoms with Gasteiger partial charge in [-0.3, -0.25) is 19.3 Å². The number of nitrogens with zero attached hydrogens (tertiary/aromatic N) is 5. The molecule has 2 atom stereocenters. The lowest BCUT2D eigenvalue weighted by atomic mass is 9.83. The van der Waals surface area contributed by atoms with E-state index in [4.69, 9.17) is 5.26 Å². The van der Waals surface area contributed by atoms with Crippen LogP contribution in [0.1, 0.15) is 47.6 Å². The van der Waals surface area contributed by atoms with Crippen LogP contribution in [-0.2, 0) is 4.79 Å². The summed E-state index contributed by atoms with van der Waals surface area (Å²) in [6.45, 7) is 4.86. The predicted molar refractivity (Wildman–Crippen MR) is 101 cm³/mol. The van der Waals surface area contributed by atoms with Gasteiger partial charge in [-0.1, -0.05) is 19.9 Å². The first-order valence-electron chi connectivity index (χ1n) is 9.48. The molecule has 0 bridgehead atoms. The van der Waals surface area contributed by atoms with Crippen LogP contribution in [0, 0.1) is 23.2 Å². The van der Waals surface area contributed by atoms with Crippen LogP contribution in [0.2, 0.25) is 0 Å². The smallest absolute Gasteiger partial charge is 0.247 e. The van der Waals surface area contributed by atoms with E-state index in [-0.39, 0.29) is 29.4 Å². The van der Waals surface area contributed by atoms with Crippen molar-refractivity contribution < 1.29 is 9.59 Å². The topological polar surface area (TPSA) is 91.9 Å². The Morgan fingerprint density at radius 3 is 2.82 bits per heavy atom. The van der Waals surface area contributed by atoms with Crippen molar-refractivity contribution in [2.75, 3.05) is 13.1 Å². The molecule has 5 rings (SSSR count). The van der Waals surface area contributed by atoms with Gasteiger partial charge in [0.2, 0.25) is 5.91 Å². The zero-order valence-corrected chi connectivity index (χ0v) is 15.7. The molecule has 28 heavy (non-hydrogen) atoms. The molecular formula is C21H19N5O2. The molecule has 1 saturated heterocycles. The van der Waals surface area contributed by atoms with Gasteiger partial charge < -0.3 is 4.90 Å². The summed E-state index contributed by atoms with van der Waals surface area (Å²) < 4.78 is 1.65. The Hall–Kier alpha value is -3.27. The number of hydrogen-bond acceptors (Lipinski definition) is 5. The van der Waals surface area contributed by atoms with Crippen molar-refractivity contribution >= 4 is 17.8 Å². The number of allylic oxidation sites excluding steroid dienone is 1. The average Bonchev–Trinajstić information content (AvgIpc) is 3.24. The fourth-order valence-corrected chi connectivity index (χ4v) is 4.38. The number of likely N-dealkylation sites (tertiary alicyclic amines) is 1. The maximum Gasteiger partial charge on any atom is 0.247 e. The normalized spacial score (nSPS) is 20.6. The van der Waals surface area contributed by atoms with Crippen molar-refractivity contribution in [3.63, 3.8) is 0 Å². The number of carbonyl (C=O) groups excluding carboxylic acids is 2. The van der Waals surface area contributed by atoms with Gasteiger partial charge in [-0.05, 0) is 23.6 Å². The molecule has 140 valence electrons. The molecule has 7 heteroatoms. The van der Waals surface area contributed by atoms with Crippen molar-refractivity contribution in [3.05, 3.63) is 41.5 Å². The lowest BCUT2D eigenvalue weighted by Gasteiger charge is -2.38. The number of nitriles is 1. The monoisotopic (exact) mass is 373 g/mol. The number of amides is 1. The molecule has 7 nitrogen and oxygen atoms in total. The van der Waals surface area contributed by atoms with Crippen LogP contribution in [0.3, 0.4) is 0 Å². The van der Waals surface area contributed by atoms with Gasteiger partial charge in [0.15, 0.2) is 5.78 Å². The standard InChI is InChI=1S/C21H19N5O2/c1-11(2)19(21(28)25-8-12(7-22)9-25)26-10-15-13-5-6-23-16-4-3-14(17(13)16)20(27)18(15)24-26/h3-6,10-12,14,19H,8-9H2,1-2H3. The number of Topliss-reactive ketones (excluding diaryl/α,β-unsaturated/α-hetero) is 1. The van der Waals surface area contributed by atoms with Crippen LogP contribution in [0.5, 0.6) is 0 Å². The predicted octanol–water partition coefficient (Wildman–Crippen LogP) is 2.43. The number of hydrogen-bond donors (Lipinski definition) is 0. The molecule has 1 aliphatic heterocycles. The Bertz CT molecular complexity index is 1080. The lowest BCUT2D eigenvalue weighted by Crippen LogP contribution is -2.52. The van der Waals surface area contributed by atoms with Crippen molar-refractivity contribution in [1.29, 1.82) is 5.26 Å². The third-order valence-electron chi connectivity index (χ3n) is 5.86. The van der Waals surface area contributed by atoms with E-state index in [0.29, 0.717) is 18.8 Å². The molecule has 1 fully saturated rings. The van der Waals surface area contributed by atoms with Crippen molar-refractivity contribution in [2.24, 2.45) is 11.8 Å². The van der Waals surface area contributed by atoms with Crippen LogP contribution in [0.4, 0.5) is 0 Å². The second kappa shape index (κ2) is 5.86. The van der Waals surface area contributed by atoms with Crippen LogP contribution < -0.4 is 0 Å². The van der Waals surface area contributed by atoms with Crippen LogP contribution in [-0.4, -0.2) is 44.4 Å². The lowest BCUT2D eigenvalue weighted by molar-refractivity contribution is -0.141. The molecular weight excluding hydrogens is 354 g/mol. The molecule has 0 saturated carbocycles. The number of ketones is 1. The maximum absolute atomic E-state index is 13.0. The van der Waals surface area contributed by atoms with E-state index >= 15 is 0 Å². The first-order valence-corrected chi connectivity index (χ1v) is 9.48. The Balaban J connectivity index is 1.56.